The summed E-state index contributed by atoms with van der Waals surface area (Å²) in [6, 6.07) is 7.86. The summed E-state index contributed by atoms with van der Waals surface area (Å²) in [6.07, 6.45) is 3.64. The fourth-order valence-corrected chi connectivity index (χ4v) is 4.48. The highest BCUT2D eigenvalue weighted by Gasteiger charge is 2.29. The molecule has 26 heavy (non-hydrogen) atoms. The van der Waals surface area contributed by atoms with Crippen LogP contribution in [0.2, 0.25) is 0 Å². The van der Waals surface area contributed by atoms with Crippen molar-refractivity contribution in [3.63, 3.8) is 0 Å². The minimum atomic E-state index is -3.16. The first kappa shape index (κ1) is 19.1. The number of hydrogen-bond acceptors (Lipinski definition) is 5. The maximum atomic E-state index is 12.4. The molecular weight excluding hydrogens is 354 g/mol. The molecule has 0 aliphatic carbocycles. The van der Waals surface area contributed by atoms with E-state index in [0.717, 1.165) is 30.9 Å². The molecule has 3 rings (SSSR count). The Morgan fingerprint density at radius 1 is 1.12 bits per heavy atom. The van der Waals surface area contributed by atoms with Crippen molar-refractivity contribution in [1.82, 2.24) is 4.31 Å². The van der Waals surface area contributed by atoms with Crippen LogP contribution in [0.1, 0.15) is 19.3 Å². The van der Waals surface area contributed by atoms with Crippen molar-refractivity contribution in [3.05, 3.63) is 24.3 Å². The van der Waals surface area contributed by atoms with Gasteiger partial charge in [0.25, 0.3) is 0 Å². The van der Waals surface area contributed by atoms with E-state index >= 15 is 0 Å². The van der Waals surface area contributed by atoms with Crippen molar-refractivity contribution >= 4 is 27.3 Å². The van der Waals surface area contributed by atoms with Gasteiger partial charge in [0, 0.05) is 50.6 Å². The van der Waals surface area contributed by atoms with E-state index in [0.29, 0.717) is 25.9 Å². The minimum absolute atomic E-state index is 0.0356. The molecule has 1 amide bonds. The van der Waals surface area contributed by atoms with Crippen LogP contribution < -0.4 is 10.2 Å². The van der Waals surface area contributed by atoms with Crippen LogP contribution in [0.15, 0.2) is 24.3 Å². The first-order chi connectivity index (χ1) is 12.4. The summed E-state index contributed by atoms with van der Waals surface area (Å²) in [7, 11) is -1.42. The summed E-state index contributed by atoms with van der Waals surface area (Å²) >= 11 is 0. The van der Waals surface area contributed by atoms with E-state index in [-0.39, 0.29) is 17.9 Å². The largest absolute Gasteiger partial charge is 0.380 e. The highest BCUT2D eigenvalue weighted by Crippen LogP contribution is 2.25. The Morgan fingerprint density at radius 3 is 2.31 bits per heavy atom. The lowest BCUT2D eigenvalue weighted by atomic mass is 9.97. The predicted molar refractivity (Wildman–Crippen MR) is 102 cm³/mol. The molecule has 0 aromatic heterocycles. The molecule has 1 aromatic carbocycles. The Bertz CT molecular complexity index is 727. The molecule has 8 heteroatoms. The molecule has 1 N–H and O–H groups in total. The summed E-state index contributed by atoms with van der Waals surface area (Å²) in [6.45, 7) is 2.68. The number of amides is 1. The van der Waals surface area contributed by atoms with Crippen LogP contribution in [0.3, 0.4) is 0 Å². The second-order valence-corrected chi connectivity index (χ2v) is 9.05. The molecule has 2 heterocycles. The third-order valence-corrected chi connectivity index (χ3v) is 6.58. The lowest BCUT2D eigenvalue weighted by molar-refractivity contribution is -0.120. The van der Waals surface area contributed by atoms with Crippen LogP contribution in [0.5, 0.6) is 0 Å². The molecule has 0 saturated carbocycles. The number of methoxy groups -OCH3 is 1. The molecular formula is C18H27N3O4S. The highest BCUT2D eigenvalue weighted by molar-refractivity contribution is 7.88. The van der Waals surface area contributed by atoms with Crippen LogP contribution in [0.4, 0.5) is 11.4 Å². The summed E-state index contributed by atoms with van der Waals surface area (Å²) in [5.41, 5.74) is 1.90. The van der Waals surface area contributed by atoms with Crippen molar-refractivity contribution in [2.45, 2.75) is 25.4 Å². The van der Waals surface area contributed by atoms with Crippen LogP contribution in [0, 0.1) is 5.92 Å². The number of carbonyl (C=O) groups is 1. The van der Waals surface area contributed by atoms with E-state index in [1.165, 1.54) is 10.6 Å². The van der Waals surface area contributed by atoms with Crippen molar-refractivity contribution in [2.75, 3.05) is 49.8 Å². The predicted octanol–water partition coefficient (Wildman–Crippen LogP) is 1.52. The molecule has 0 spiro atoms. The van der Waals surface area contributed by atoms with Gasteiger partial charge in [-0.3, -0.25) is 4.79 Å². The average Bonchev–Trinajstić information content (AvgIpc) is 3.11. The molecule has 0 radical (unpaired) electrons. The number of carbonyl (C=O) groups excluding carboxylic acids is 1. The maximum absolute atomic E-state index is 12.4. The second kappa shape index (κ2) is 7.94. The van der Waals surface area contributed by atoms with Crippen molar-refractivity contribution in [3.8, 4) is 0 Å². The molecule has 2 saturated heterocycles. The fraction of sp³-hybridized carbons (Fsp3) is 0.611. The third kappa shape index (κ3) is 4.55. The quantitative estimate of drug-likeness (QED) is 0.837. The molecule has 2 aliphatic heterocycles. The average molecular weight is 381 g/mol. The summed E-state index contributed by atoms with van der Waals surface area (Å²) in [5, 5.41) is 2.95. The van der Waals surface area contributed by atoms with Gasteiger partial charge in [-0.15, -0.1) is 0 Å². The number of sulfonamides is 1. The number of hydrogen-bond donors (Lipinski definition) is 1. The van der Waals surface area contributed by atoms with Gasteiger partial charge in [-0.2, -0.15) is 0 Å². The number of nitrogens with zero attached hydrogens (tertiary/aromatic N) is 2. The first-order valence-corrected chi connectivity index (χ1v) is 10.9. The molecule has 144 valence electrons. The van der Waals surface area contributed by atoms with E-state index in [9.17, 15) is 13.2 Å². The number of piperidine rings is 1. The standard InChI is InChI=1S/C18H27N3O4S/c1-25-17-9-10-20(13-17)16-5-3-15(4-6-16)19-18(22)14-7-11-21(12-8-14)26(2,23)24/h3-6,14,17H,7-13H2,1-2H3,(H,19,22). The Labute approximate surface area is 155 Å². The van der Waals surface area contributed by atoms with Crippen molar-refractivity contribution in [1.29, 1.82) is 0 Å². The lowest BCUT2D eigenvalue weighted by Crippen LogP contribution is -2.40. The van der Waals surface area contributed by atoms with Crippen LogP contribution in [-0.4, -0.2) is 64.3 Å². The number of benzene rings is 1. The van der Waals surface area contributed by atoms with Crippen LogP contribution in [-0.2, 0) is 19.6 Å². The summed E-state index contributed by atoms with van der Waals surface area (Å²) < 4.78 is 29.9. The number of ether oxygens (including phenoxy) is 1. The van der Waals surface area contributed by atoms with Gasteiger partial charge < -0.3 is 15.0 Å². The Balaban J connectivity index is 1.52. The molecule has 2 aliphatic rings. The van der Waals surface area contributed by atoms with Gasteiger partial charge in [0.05, 0.1) is 12.4 Å². The van der Waals surface area contributed by atoms with E-state index < -0.39 is 10.0 Å². The maximum Gasteiger partial charge on any atom is 0.227 e. The van der Waals surface area contributed by atoms with Gasteiger partial charge in [0.1, 0.15) is 0 Å². The van der Waals surface area contributed by atoms with Gasteiger partial charge in [0.15, 0.2) is 0 Å². The lowest BCUT2D eigenvalue weighted by Gasteiger charge is -2.29. The van der Waals surface area contributed by atoms with E-state index in [4.69, 9.17) is 4.74 Å². The van der Waals surface area contributed by atoms with Gasteiger partial charge in [0.2, 0.25) is 15.9 Å². The smallest absolute Gasteiger partial charge is 0.227 e. The normalized spacial score (nSPS) is 22.5. The SMILES string of the molecule is COC1CCN(c2ccc(NC(=O)C3CCN(S(C)(=O)=O)CC3)cc2)C1. The van der Waals surface area contributed by atoms with E-state index in [2.05, 4.69) is 10.2 Å². The second-order valence-electron chi connectivity index (χ2n) is 7.06. The zero-order valence-electron chi connectivity index (χ0n) is 15.3. The molecule has 2 fully saturated rings. The molecule has 1 unspecified atom stereocenters. The van der Waals surface area contributed by atoms with Crippen LogP contribution in [0.25, 0.3) is 0 Å². The van der Waals surface area contributed by atoms with Gasteiger partial charge in [-0.25, -0.2) is 12.7 Å². The monoisotopic (exact) mass is 381 g/mol. The van der Waals surface area contributed by atoms with Gasteiger partial charge >= 0.3 is 0 Å². The molecule has 1 aromatic rings. The summed E-state index contributed by atoms with van der Waals surface area (Å²) in [4.78, 5) is 14.7. The Morgan fingerprint density at radius 2 is 1.77 bits per heavy atom. The Kier molecular flexibility index (Phi) is 5.84. The number of anilines is 2. The topological polar surface area (TPSA) is 79.0 Å². The minimum Gasteiger partial charge on any atom is -0.380 e. The Hall–Kier alpha value is -1.64. The molecule has 0 bridgehead atoms. The van der Waals surface area contributed by atoms with Gasteiger partial charge in [-0.05, 0) is 43.5 Å². The third-order valence-electron chi connectivity index (χ3n) is 5.27. The number of rotatable bonds is 5. The highest BCUT2D eigenvalue weighted by atomic mass is 32.2. The van der Waals surface area contributed by atoms with Gasteiger partial charge in [-0.1, -0.05) is 0 Å². The first-order valence-electron chi connectivity index (χ1n) is 9.00. The zero-order chi connectivity index (χ0) is 18.7. The van der Waals surface area contributed by atoms with Crippen molar-refractivity contribution < 1.29 is 17.9 Å². The zero-order valence-corrected chi connectivity index (χ0v) is 16.2. The van der Waals surface area contributed by atoms with Crippen LogP contribution >= 0.6 is 0 Å². The van der Waals surface area contributed by atoms with E-state index in [1.807, 2.05) is 24.3 Å². The number of nitrogens with one attached hydrogen (secondary N) is 1. The molecule has 1 atom stereocenters. The summed E-state index contributed by atoms with van der Waals surface area (Å²) in [5.74, 6) is -0.180. The molecule has 7 nitrogen and oxygen atoms in total. The van der Waals surface area contributed by atoms with E-state index in [1.54, 1.807) is 7.11 Å². The van der Waals surface area contributed by atoms with Crippen molar-refractivity contribution in [2.24, 2.45) is 5.92 Å². The fourth-order valence-electron chi connectivity index (χ4n) is 3.60.